The van der Waals surface area contributed by atoms with E-state index in [1.54, 1.807) is 0 Å². The fourth-order valence-corrected chi connectivity index (χ4v) is 5.43. The van der Waals surface area contributed by atoms with E-state index in [1.165, 1.54) is 12.1 Å². The van der Waals surface area contributed by atoms with Crippen molar-refractivity contribution in [2.75, 3.05) is 0 Å². The van der Waals surface area contributed by atoms with Crippen LogP contribution in [-0.4, -0.2) is 18.0 Å². The van der Waals surface area contributed by atoms with E-state index in [0.29, 0.717) is 12.8 Å². The van der Waals surface area contributed by atoms with E-state index in [2.05, 4.69) is 10.8 Å². The van der Waals surface area contributed by atoms with Gasteiger partial charge in [0.2, 0.25) is 17.1 Å². The van der Waals surface area contributed by atoms with E-state index < -0.39 is 46.6 Å². The molecule has 5 unspecified atom stereocenters. The molecule has 1 aromatic rings. The van der Waals surface area contributed by atoms with Gasteiger partial charge in [0, 0.05) is 6.42 Å². The highest BCUT2D eigenvalue weighted by atomic mass is 19.4. The minimum Gasteiger partial charge on any atom is -0.447 e. The Morgan fingerprint density at radius 1 is 1.16 bits per heavy atom. The molecule has 0 radical (unpaired) electrons. The quantitative estimate of drug-likeness (QED) is 0.719. The topological polar surface area (TPSA) is 123 Å². The average Bonchev–Trinajstić information content (AvgIpc) is 2.96. The largest absolute Gasteiger partial charge is 0.573 e. The summed E-state index contributed by atoms with van der Waals surface area (Å²) in [5, 5.41) is 39.2. The van der Waals surface area contributed by atoms with Crippen molar-refractivity contribution in [3.05, 3.63) is 29.8 Å². The first-order chi connectivity index (χ1) is 15.1. The van der Waals surface area contributed by atoms with Crippen molar-refractivity contribution in [1.82, 2.24) is 0 Å². The van der Waals surface area contributed by atoms with Crippen LogP contribution in [0.1, 0.15) is 44.3 Å². The fourth-order valence-electron chi connectivity index (χ4n) is 5.43. The third kappa shape index (κ3) is 2.78. The van der Waals surface area contributed by atoms with E-state index in [-0.39, 0.29) is 11.5 Å². The lowest BCUT2D eigenvalue weighted by Crippen LogP contribution is -2.61. The SMILES string of the molecule is CCC1CCC23OC(=N)C(C#N)(C2C1)C(C#N)(C#N)C(c1ccc(OC(F)(F)F)cc1)O3. The predicted molar refractivity (Wildman–Crippen MR) is 101 cm³/mol. The molecule has 2 aliphatic heterocycles. The van der Waals surface area contributed by atoms with E-state index in [0.717, 1.165) is 25.0 Å². The number of alkyl halides is 3. The van der Waals surface area contributed by atoms with Crippen molar-refractivity contribution in [2.45, 2.75) is 50.9 Å². The van der Waals surface area contributed by atoms with Crippen LogP contribution in [0.5, 0.6) is 5.75 Å². The Hall–Kier alpha value is -3.29. The zero-order valence-corrected chi connectivity index (χ0v) is 17.1. The van der Waals surface area contributed by atoms with E-state index in [9.17, 15) is 29.0 Å². The Balaban J connectivity index is 1.84. The third-order valence-corrected chi connectivity index (χ3v) is 7.01. The number of nitrogens with zero attached hydrogens (tertiary/aromatic N) is 3. The Kier molecular flexibility index (Phi) is 4.87. The van der Waals surface area contributed by atoms with Crippen molar-refractivity contribution >= 4 is 5.90 Å². The molecule has 4 rings (SSSR count). The van der Waals surface area contributed by atoms with Gasteiger partial charge in [0.05, 0.1) is 24.1 Å². The first-order valence-electron chi connectivity index (χ1n) is 10.2. The minimum atomic E-state index is -4.87. The van der Waals surface area contributed by atoms with Crippen molar-refractivity contribution in [1.29, 1.82) is 21.2 Å². The zero-order chi connectivity index (χ0) is 23.4. The second-order valence-corrected chi connectivity index (χ2v) is 8.41. The van der Waals surface area contributed by atoms with Crippen LogP contribution in [0.3, 0.4) is 0 Å². The van der Waals surface area contributed by atoms with Crippen molar-refractivity contribution in [3.63, 3.8) is 0 Å². The lowest BCUT2D eigenvalue weighted by Gasteiger charge is -2.52. The number of halogens is 3. The van der Waals surface area contributed by atoms with E-state index in [4.69, 9.17) is 14.9 Å². The van der Waals surface area contributed by atoms with Crippen LogP contribution in [0.25, 0.3) is 0 Å². The molecule has 10 heteroatoms. The maximum Gasteiger partial charge on any atom is 0.573 e. The molecule has 5 atom stereocenters. The Labute approximate surface area is 182 Å². The standard InChI is InChI=1S/C22H19F3N4O3/c1-2-13-7-8-21-16(9-13)20(12-28,18(29)32-21)19(10-26,11-27)17(31-21)14-3-5-15(6-4-14)30-22(23,24)25/h3-6,13,16-17,29H,2,7-9H2,1H3. The van der Waals surface area contributed by atoms with E-state index >= 15 is 0 Å². The number of nitrogens with one attached hydrogen (secondary N) is 1. The maximum atomic E-state index is 12.5. The van der Waals surface area contributed by atoms with Gasteiger partial charge in [0.1, 0.15) is 11.9 Å². The molecule has 166 valence electrons. The first-order valence-corrected chi connectivity index (χ1v) is 10.2. The highest BCUT2D eigenvalue weighted by Crippen LogP contribution is 2.70. The molecule has 32 heavy (non-hydrogen) atoms. The number of nitriles is 3. The van der Waals surface area contributed by atoms with Gasteiger partial charge in [-0.25, -0.2) is 0 Å². The summed E-state index contributed by atoms with van der Waals surface area (Å²) >= 11 is 0. The van der Waals surface area contributed by atoms with Crippen LogP contribution in [0, 0.1) is 62.1 Å². The van der Waals surface area contributed by atoms with Crippen molar-refractivity contribution in [2.24, 2.45) is 22.7 Å². The number of rotatable bonds is 3. The molecule has 3 aliphatic rings. The minimum absolute atomic E-state index is 0.219. The zero-order valence-electron chi connectivity index (χ0n) is 17.1. The summed E-state index contributed by atoms with van der Waals surface area (Å²) < 4.78 is 53.5. The van der Waals surface area contributed by atoms with Gasteiger partial charge >= 0.3 is 6.36 Å². The molecule has 2 bridgehead atoms. The van der Waals surface area contributed by atoms with Crippen molar-refractivity contribution < 1.29 is 27.4 Å². The highest BCUT2D eigenvalue weighted by molar-refractivity contribution is 5.89. The molecule has 1 N–H and O–H groups in total. The molecule has 1 saturated carbocycles. The Bertz CT molecular complexity index is 1050. The summed E-state index contributed by atoms with van der Waals surface area (Å²) in [6.45, 7) is 2.01. The van der Waals surface area contributed by atoms with Crippen LogP contribution < -0.4 is 4.74 Å². The summed E-state index contributed by atoms with van der Waals surface area (Å²) in [7, 11) is 0. The molecule has 1 aromatic carbocycles. The van der Waals surface area contributed by atoms with Crippen molar-refractivity contribution in [3.8, 4) is 24.0 Å². The second kappa shape index (κ2) is 7.12. The Morgan fingerprint density at radius 3 is 2.34 bits per heavy atom. The highest BCUT2D eigenvalue weighted by Gasteiger charge is 2.80. The summed E-state index contributed by atoms with van der Waals surface area (Å²) in [5.41, 5.74) is -3.78. The number of hydrogen-bond donors (Lipinski definition) is 1. The van der Waals surface area contributed by atoms with Crippen LogP contribution in [-0.2, 0) is 9.47 Å². The molecule has 0 spiro atoms. The molecule has 3 fully saturated rings. The Morgan fingerprint density at radius 2 is 1.81 bits per heavy atom. The lowest BCUT2D eigenvalue weighted by atomic mass is 9.50. The van der Waals surface area contributed by atoms with Gasteiger partial charge in [0.15, 0.2) is 5.41 Å². The van der Waals surface area contributed by atoms with Gasteiger partial charge in [-0.15, -0.1) is 13.2 Å². The monoisotopic (exact) mass is 444 g/mol. The van der Waals surface area contributed by atoms with Crippen LogP contribution in [0.2, 0.25) is 0 Å². The molecule has 0 aromatic heterocycles. The molecule has 1 aliphatic carbocycles. The van der Waals surface area contributed by atoms with Gasteiger partial charge in [0.25, 0.3) is 0 Å². The van der Waals surface area contributed by atoms with Crippen LogP contribution in [0.4, 0.5) is 13.2 Å². The van der Waals surface area contributed by atoms with Gasteiger partial charge in [-0.2, -0.15) is 15.8 Å². The number of benzene rings is 1. The molecule has 2 heterocycles. The first kappa shape index (κ1) is 21.9. The smallest absolute Gasteiger partial charge is 0.447 e. The molecule has 2 saturated heterocycles. The van der Waals surface area contributed by atoms with Gasteiger partial charge in [-0.05, 0) is 36.5 Å². The fraction of sp³-hybridized carbons (Fsp3) is 0.545. The molecular weight excluding hydrogens is 425 g/mol. The predicted octanol–water partition coefficient (Wildman–Crippen LogP) is 4.73. The summed E-state index contributed by atoms with van der Waals surface area (Å²) in [6, 6.07) is 10.6. The second-order valence-electron chi connectivity index (χ2n) is 8.41. The normalized spacial score (nSPS) is 34.9. The summed E-state index contributed by atoms with van der Waals surface area (Å²) in [4.78, 5) is 0. The third-order valence-electron chi connectivity index (χ3n) is 7.01. The van der Waals surface area contributed by atoms with E-state index in [1.807, 2.05) is 19.1 Å². The lowest BCUT2D eigenvalue weighted by molar-refractivity contribution is -0.299. The molecular formula is C22H19F3N4O3. The summed E-state index contributed by atoms with van der Waals surface area (Å²) in [6.07, 6.45) is -3.79. The number of ether oxygens (including phenoxy) is 3. The maximum absolute atomic E-state index is 12.5. The summed E-state index contributed by atoms with van der Waals surface area (Å²) in [5.74, 6) is -2.75. The average molecular weight is 444 g/mol. The van der Waals surface area contributed by atoms with Gasteiger partial charge in [-0.1, -0.05) is 25.5 Å². The molecule has 7 nitrogen and oxygen atoms in total. The van der Waals surface area contributed by atoms with Crippen LogP contribution in [0.15, 0.2) is 24.3 Å². The number of hydrogen-bond acceptors (Lipinski definition) is 7. The van der Waals surface area contributed by atoms with Gasteiger partial charge in [-0.3, -0.25) is 5.41 Å². The van der Waals surface area contributed by atoms with Gasteiger partial charge < -0.3 is 14.2 Å². The van der Waals surface area contributed by atoms with Crippen LogP contribution >= 0.6 is 0 Å². The molecule has 0 amide bonds.